The standard InChI is InChI=1S/C14H15N7/c1-21(2)14-12(13(15)19-20-14)18-17-10-5-6-11-9(8-10)4-3-7-16-11/h3-8,17H,1-2H3,(H2,15,18,19). The fourth-order valence-electron chi connectivity index (χ4n) is 1.98. The van der Waals surface area contributed by atoms with Crippen molar-refractivity contribution in [2.75, 3.05) is 19.5 Å². The molecule has 0 aliphatic carbocycles. The number of hydrogen-bond donors (Lipinski definition) is 2. The van der Waals surface area contributed by atoms with Gasteiger partial charge >= 0.3 is 0 Å². The molecule has 7 nitrogen and oxygen atoms in total. The van der Waals surface area contributed by atoms with Gasteiger partial charge in [-0.1, -0.05) is 6.07 Å². The molecule has 0 amide bonds. The third-order valence-corrected chi connectivity index (χ3v) is 3.03. The van der Waals surface area contributed by atoms with Gasteiger partial charge in [0.2, 0.25) is 0 Å². The Morgan fingerprint density at radius 2 is 2.05 bits per heavy atom. The summed E-state index contributed by atoms with van der Waals surface area (Å²) < 4.78 is 0. The van der Waals surface area contributed by atoms with Crippen molar-refractivity contribution < 1.29 is 0 Å². The zero-order chi connectivity index (χ0) is 14.8. The lowest BCUT2D eigenvalue weighted by Gasteiger charge is -2.12. The van der Waals surface area contributed by atoms with Gasteiger partial charge in [-0.25, -0.2) is 0 Å². The molecule has 106 valence electrons. The van der Waals surface area contributed by atoms with E-state index < -0.39 is 0 Å². The molecule has 0 fully saturated rings. The smallest absolute Gasteiger partial charge is 0.182 e. The summed E-state index contributed by atoms with van der Waals surface area (Å²) in [5.74, 6) is 0.927. The summed E-state index contributed by atoms with van der Waals surface area (Å²) in [6, 6.07) is 9.72. The summed E-state index contributed by atoms with van der Waals surface area (Å²) >= 11 is 0. The molecular weight excluding hydrogens is 266 g/mol. The Hall–Kier alpha value is -2.96. The van der Waals surface area contributed by atoms with E-state index >= 15 is 0 Å². The quantitative estimate of drug-likeness (QED) is 0.810. The van der Waals surface area contributed by atoms with Crippen molar-refractivity contribution >= 4 is 34.0 Å². The third-order valence-electron chi connectivity index (χ3n) is 3.03. The number of nitrogens with one attached hydrogen (secondary N) is 1. The minimum absolute atomic E-state index is 0.300. The number of nitrogens with zero attached hydrogens (tertiary/aromatic N) is 5. The monoisotopic (exact) mass is 281 g/mol. The Labute approximate surface area is 121 Å². The molecule has 21 heavy (non-hydrogen) atoms. The topological polar surface area (TPSA) is 91.3 Å². The molecule has 0 unspecified atom stereocenters. The zero-order valence-corrected chi connectivity index (χ0v) is 11.8. The van der Waals surface area contributed by atoms with Crippen molar-refractivity contribution in [1.82, 2.24) is 9.88 Å². The normalized spacial score (nSPS) is 16.0. The van der Waals surface area contributed by atoms with Gasteiger partial charge in [0.15, 0.2) is 17.4 Å². The zero-order valence-electron chi connectivity index (χ0n) is 11.8. The van der Waals surface area contributed by atoms with E-state index in [1.807, 2.05) is 49.3 Å². The minimum Gasteiger partial charge on any atom is -0.380 e. The van der Waals surface area contributed by atoms with E-state index in [9.17, 15) is 0 Å². The average molecular weight is 281 g/mol. The van der Waals surface area contributed by atoms with Gasteiger partial charge in [0.1, 0.15) is 0 Å². The van der Waals surface area contributed by atoms with Crippen LogP contribution < -0.4 is 11.2 Å². The number of hydrogen-bond acceptors (Lipinski definition) is 7. The molecule has 1 aromatic carbocycles. The summed E-state index contributed by atoms with van der Waals surface area (Å²) in [5.41, 5.74) is 11.1. The van der Waals surface area contributed by atoms with Gasteiger partial charge in [0.25, 0.3) is 0 Å². The Kier molecular flexibility index (Phi) is 3.23. The van der Waals surface area contributed by atoms with E-state index in [0.29, 0.717) is 17.4 Å². The van der Waals surface area contributed by atoms with Crippen LogP contribution in [-0.4, -0.2) is 41.4 Å². The first-order valence-electron chi connectivity index (χ1n) is 6.43. The molecule has 0 saturated heterocycles. The summed E-state index contributed by atoms with van der Waals surface area (Å²) in [5, 5.41) is 13.2. The molecule has 2 heterocycles. The second-order valence-corrected chi connectivity index (χ2v) is 4.79. The first-order chi connectivity index (χ1) is 10.1. The third kappa shape index (κ3) is 2.53. The number of rotatable bonds is 2. The molecular formula is C14H15N7. The number of nitrogens with two attached hydrogens (primary N) is 1. The van der Waals surface area contributed by atoms with Crippen molar-refractivity contribution in [2.45, 2.75) is 0 Å². The maximum atomic E-state index is 5.79. The van der Waals surface area contributed by atoms with Gasteiger partial charge in [0.05, 0.1) is 11.2 Å². The molecule has 1 aromatic heterocycles. The lowest BCUT2D eigenvalue weighted by atomic mass is 10.2. The molecule has 3 N–H and O–H groups in total. The molecule has 0 radical (unpaired) electrons. The number of amidine groups is 2. The van der Waals surface area contributed by atoms with Crippen LogP contribution in [0.15, 0.2) is 51.8 Å². The second kappa shape index (κ2) is 5.20. The van der Waals surface area contributed by atoms with Gasteiger partial charge in [-0.3, -0.25) is 10.4 Å². The lowest BCUT2D eigenvalue weighted by molar-refractivity contribution is 0.630. The minimum atomic E-state index is 0.300. The summed E-state index contributed by atoms with van der Waals surface area (Å²) in [7, 11) is 3.73. The average Bonchev–Trinajstić information content (AvgIpc) is 2.86. The highest BCUT2D eigenvalue weighted by molar-refractivity contribution is 6.68. The lowest BCUT2D eigenvalue weighted by Crippen LogP contribution is -2.36. The molecule has 0 bridgehead atoms. The molecule has 1 aliphatic rings. The van der Waals surface area contributed by atoms with Crippen LogP contribution in [0.5, 0.6) is 0 Å². The van der Waals surface area contributed by atoms with Crippen molar-refractivity contribution in [3.8, 4) is 0 Å². The number of fused-ring (bicyclic) bond motifs is 1. The largest absolute Gasteiger partial charge is 0.380 e. The predicted molar refractivity (Wildman–Crippen MR) is 85.5 cm³/mol. The van der Waals surface area contributed by atoms with E-state index in [0.717, 1.165) is 16.6 Å². The van der Waals surface area contributed by atoms with E-state index in [2.05, 4.69) is 25.7 Å². The van der Waals surface area contributed by atoms with Crippen molar-refractivity contribution in [3.05, 3.63) is 36.5 Å². The molecule has 0 saturated carbocycles. The van der Waals surface area contributed by atoms with Crippen molar-refractivity contribution in [1.29, 1.82) is 0 Å². The first kappa shape index (κ1) is 13.0. The van der Waals surface area contributed by atoms with E-state index in [-0.39, 0.29) is 0 Å². The van der Waals surface area contributed by atoms with E-state index in [4.69, 9.17) is 5.73 Å². The maximum absolute atomic E-state index is 5.79. The van der Waals surface area contributed by atoms with Gasteiger partial charge in [-0.15, -0.1) is 10.2 Å². The number of hydrazone groups is 1. The molecule has 1 aliphatic heterocycles. The van der Waals surface area contributed by atoms with Crippen molar-refractivity contribution in [3.63, 3.8) is 0 Å². The molecule has 3 rings (SSSR count). The van der Waals surface area contributed by atoms with Crippen molar-refractivity contribution in [2.24, 2.45) is 21.0 Å². The highest BCUT2D eigenvalue weighted by atomic mass is 15.4. The summed E-state index contributed by atoms with van der Waals surface area (Å²) in [6.45, 7) is 0. The Morgan fingerprint density at radius 1 is 1.19 bits per heavy atom. The van der Waals surface area contributed by atoms with Gasteiger partial charge in [-0.05, 0) is 24.3 Å². The summed E-state index contributed by atoms with van der Waals surface area (Å²) in [6.07, 6.45) is 1.77. The van der Waals surface area contributed by atoms with Crippen LogP contribution in [0.4, 0.5) is 5.69 Å². The number of benzene rings is 1. The molecule has 2 aromatic rings. The number of aromatic nitrogens is 1. The predicted octanol–water partition coefficient (Wildman–Crippen LogP) is 1.25. The summed E-state index contributed by atoms with van der Waals surface area (Å²) in [4.78, 5) is 6.09. The van der Waals surface area contributed by atoms with Gasteiger partial charge in [-0.2, -0.15) is 5.10 Å². The SMILES string of the molecule is CN(C)C1=NN=C(N)/C1=N\Nc1ccc2ncccc2c1. The Balaban J connectivity index is 1.87. The van der Waals surface area contributed by atoms with E-state index in [1.165, 1.54) is 0 Å². The fraction of sp³-hybridized carbons (Fsp3) is 0.143. The van der Waals surface area contributed by atoms with Crippen LogP contribution in [0.1, 0.15) is 0 Å². The molecule has 7 heteroatoms. The maximum Gasteiger partial charge on any atom is 0.182 e. The molecule has 0 spiro atoms. The van der Waals surface area contributed by atoms with Crippen LogP contribution in [0.3, 0.4) is 0 Å². The number of pyridine rings is 1. The van der Waals surface area contributed by atoms with Crippen LogP contribution in [0.2, 0.25) is 0 Å². The first-order valence-corrected chi connectivity index (χ1v) is 6.43. The van der Waals surface area contributed by atoms with Gasteiger partial charge in [0, 0.05) is 25.7 Å². The highest BCUT2D eigenvalue weighted by Crippen LogP contribution is 2.17. The number of anilines is 1. The van der Waals surface area contributed by atoms with Crippen LogP contribution in [-0.2, 0) is 0 Å². The Morgan fingerprint density at radius 3 is 2.86 bits per heavy atom. The van der Waals surface area contributed by atoms with E-state index in [1.54, 1.807) is 6.20 Å². The Bertz CT molecular complexity index is 774. The highest BCUT2D eigenvalue weighted by Gasteiger charge is 2.21. The van der Waals surface area contributed by atoms with Crippen LogP contribution >= 0.6 is 0 Å². The van der Waals surface area contributed by atoms with Crippen LogP contribution in [0, 0.1) is 0 Å². The molecule has 0 atom stereocenters. The second-order valence-electron chi connectivity index (χ2n) is 4.79. The van der Waals surface area contributed by atoms with Crippen LogP contribution in [0.25, 0.3) is 10.9 Å². The fourth-order valence-corrected chi connectivity index (χ4v) is 1.98. The van der Waals surface area contributed by atoms with Gasteiger partial charge < -0.3 is 10.6 Å².